The van der Waals surface area contributed by atoms with E-state index < -0.39 is 0 Å². The quantitative estimate of drug-likeness (QED) is 0.866. The van der Waals surface area contributed by atoms with Gasteiger partial charge in [-0.15, -0.1) is 0 Å². The van der Waals surface area contributed by atoms with Crippen LogP contribution in [0, 0.1) is 18.8 Å². The van der Waals surface area contributed by atoms with Gasteiger partial charge in [-0.25, -0.2) is 0 Å². The number of hydrogen-bond acceptors (Lipinski definition) is 2. The monoisotopic (exact) mass is 362 g/mol. The van der Waals surface area contributed by atoms with Crippen molar-refractivity contribution in [2.75, 3.05) is 18.4 Å². The number of carbonyl (C=O) groups excluding carboxylic acids is 2. The van der Waals surface area contributed by atoms with Crippen molar-refractivity contribution in [3.05, 3.63) is 28.8 Å². The van der Waals surface area contributed by atoms with E-state index in [0.29, 0.717) is 10.9 Å². The van der Waals surface area contributed by atoms with Crippen molar-refractivity contribution in [2.45, 2.75) is 51.9 Å². The molecule has 2 aliphatic rings. The molecule has 1 heterocycles. The van der Waals surface area contributed by atoms with Gasteiger partial charge in [0.1, 0.15) is 0 Å². The highest BCUT2D eigenvalue weighted by Crippen LogP contribution is 2.32. The number of nitrogens with one attached hydrogen (secondary N) is 1. The second-order valence-corrected chi connectivity index (χ2v) is 7.74. The second-order valence-electron chi connectivity index (χ2n) is 7.34. The molecule has 1 saturated heterocycles. The lowest BCUT2D eigenvalue weighted by molar-refractivity contribution is -0.138. The summed E-state index contributed by atoms with van der Waals surface area (Å²) < 4.78 is 0. The van der Waals surface area contributed by atoms with Crippen LogP contribution in [0.5, 0.6) is 0 Å². The third kappa shape index (κ3) is 4.35. The van der Waals surface area contributed by atoms with E-state index in [0.717, 1.165) is 62.9 Å². The number of hydrogen-bond donors (Lipinski definition) is 1. The van der Waals surface area contributed by atoms with Gasteiger partial charge in [0.2, 0.25) is 11.8 Å². The van der Waals surface area contributed by atoms with Crippen molar-refractivity contribution >= 4 is 29.1 Å². The average molecular weight is 363 g/mol. The van der Waals surface area contributed by atoms with E-state index in [1.807, 2.05) is 30.0 Å². The van der Waals surface area contributed by atoms with E-state index in [-0.39, 0.29) is 17.7 Å². The highest BCUT2D eigenvalue weighted by Gasteiger charge is 2.32. The Morgan fingerprint density at radius 2 is 1.68 bits per heavy atom. The van der Waals surface area contributed by atoms with Gasteiger partial charge in [-0.05, 0) is 69.6 Å². The average Bonchev–Trinajstić information content (AvgIpc) is 2.65. The maximum absolute atomic E-state index is 12.6. The SMILES string of the molecule is Cc1c(Cl)cccc1NC(=O)C1CCC(C(=O)N2CCCCC2)CC1. The third-order valence-corrected chi connectivity index (χ3v) is 6.05. The lowest BCUT2D eigenvalue weighted by Crippen LogP contribution is -2.41. The Morgan fingerprint density at radius 1 is 1.04 bits per heavy atom. The van der Waals surface area contributed by atoms with Crippen LogP contribution in [0.25, 0.3) is 0 Å². The molecule has 1 N–H and O–H groups in total. The molecule has 5 heteroatoms. The van der Waals surface area contributed by atoms with E-state index in [1.54, 1.807) is 0 Å². The number of rotatable bonds is 3. The van der Waals surface area contributed by atoms with E-state index >= 15 is 0 Å². The summed E-state index contributed by atoms with van der Waals surface area (Å²) in [7, 11) is 0. The predicted molar refractivity (Wildman–Crippen MR) is 101 cm³/mol. The van der Waals surface area contributed by atoms with Crippen LogP contribution in [-0.4, -0.2) is 29.8 Å². The molecular formula is C20H27ClN2O2. The third-order valence-electron chi connectivity index (χ3n) is 5.64. The molecule has 2 fully saturated rings. The number of anilines is 1. The smallest absolute Gasteiger partial charge is 0.227 e. The van der Waals surface area contributed by atoms with Gasteiger partial charge < -0.3 is 10.2 Å². The molecule has 2 amide bonds. The molecule has 1 aliphatic carbocycles. The van der Waals surface area contributed by atoms with Crippen LogP contribution in [0.2, 0.25) is 5.02 Å². The fraction of sp³-hybridized carbons (Fsp3) is 0.600. The largest absolute Gasteiger partial charge is 0.342 e. The number of halogens is 1. The molecular weight excluding hydrogens is 336 g/mol. The molecule has 1 aliphatic heterocycles. The summed E-state index contributed by atoms with van der Waals surface area (Å²) in [4.78, 5) is 27.2. The van der Waals surface area contributed by atoms with Crippen LogP contribution in [0.4, 0.5) is 5.69 Å². The summed E-state index contributed by atoms with van der Waals surface area (Å²) in [5, 5.41) is 3.67. The lowest BCUT2D eigenvalue weighted by atomic mass is 9.80. The van der Waals surface area contributed by atoms with Gasteiger partial charge in [0, 0.05) is 35.6 Å². The van der Waals surface area contributed by atoms with Crippen LogP contribution in [0.1, 0.15) is 50.5 Å². The molecule has 1 aromatic rings. The van der Waals surface area contributed by atoms with Crippen LogP contribution < -0.4 is 5.32 Å². The Morgan fingerprint density at radius 3 is 2.36 bits per heavy atom. The first-order valence-electron chi connectivity index (χ1n) is 9.41. The lowest BCUT2D eigenvalue weighted by Gasteiger charge is -2.33. The molecule has 0 bridgehead atoms. The fourth-order valence-corrected chi connectivity index (χ4v) is 4.13. The first-order valence-corrected chi connectivity index (χ1v) is 9.79. The van der Waals surface area contributed by atoms with Crippen molar-refractivity contribution in [1.82, 2.24) is 4.90 Å². The topological polar surface area (TPSA) is 49.4 Å². The van der Waals surface area contributed by atoms with Gasteiger partial charge in [-0.2, -0.15) is 0 Å². The molecule has 0 atom stereocenters. The summed E-state index contributed by atoms with van der Waals surface area (Å²) >= 11 is 6.12. The van der Waals surface area contributed by atoms with Crippen LogP contribution >= 0.6 is 11.6 Å². The minimum Gasteiger partial charge on any atom is -0.342 e. The summed E-state index contributed by atoms with van der Waals surface area (Å²) in [6, 6.07) is 5.55. The maximum atomic E-state index is 12.6. The summed E-state index contributed by atoms with van der Waals surface area (Å²) in [6.45, 7) is 3.73. The Kier molecular flexibility index (Phi) is 6.00. The first kappa shape index (κ1) is 18.2. The van der Waals surface area contributed by atoms with Gasteiger partial charge in [-0.1, -0.05) is 17.7 Å². The summed E-state index contributed by atoms with van der Waals surface area (Å²) in [5.41, 5.74) is 1.68. The number of benzene rings is 1. The van der Waals surface area contributed by atoms with Crippen LogP contribution in [-0.2, 0) is 9.59 Å². The van der Waals surface area contributed by atoms with E-state index in [2.05, 4.69) is 5.32 Å². The predicted octanol–water partition coefficient (Wildman–Crippen LogP) is 4.41. The molecule has 1 aromatic carbocycles. The Hall–Kier alpha value is -1.55. The van der Waals surface area contributed by atoms with E-state index in [1.165, 1.54) is 6.42 Å². The Labute approximate surface area is 154 Å². The van der Waals surface area contributed by atoms with Crippen molar-refractivity contribution < 1.29 is 9.59 Å². The molecule has 136 valence electrons. The Bertz CT molecular complexity index is 633. The van der Waals surface area contributed by atoms with Crippen molar-refractivity contribution in [3.63, 3.8) is 0 Å². The van der Waals surface area contributed by atoms with Gasteiger partial charge in [0.15, 0.2) is 0 Å². The van der Waals surface area contributed by atoms with Crippen LogP contribution in [0.3, 0.4) is 0 Å². The number of likely N-dealkylation sites (tertiary alicyclic amines) is 1. The molecule has 0 radical (unpaired) electrons. The zero-order valence-corrected chi connectivity index (χ0v) is 15.6. The van der Waals surface area contributed by atoms with Crippen LogP contribution in [0.15, 0.2) is 18.2 Å². The highest BCUT2D eigenvalue weighted by molar-refractivity contribution is 6.31. The van der Waals surface area contributed by atoms with Gasteiger partial charge >= 0.3 is 0 Å². The van der Waals surface area contributed by atoms with Crippen molar-refractivity contribution in [1.29, 1.82) is 0 Å². The van der Waals surface area contributed by atoms with E-state index in [4.69, 9.17) is 11.6 Å². The maximum Gasteiger partial charge on any atom is 0.227 e. The second kappa shape index (κ2) is 8.22. The molecule has 3 rings (SSSR count). The summed E-state index contributed by atoms with van der Waals surface area (Å²) in [5.74, 6) is 0.456. The standard InChI is InChI=1S/C20H27ClN2O2/c1-14-17(21)6-5-7-18(14)22-19(24)15-8-10-16(11-9-15)20(25)23-12-3-2-4-13-23/h5-7,15-16H,2-4,8-13H2,1H3,(H,22,24). The molecule has 0 aromatic heterocycles. The molecule has 4 nitrogen and oxygen atoms in total. The zero-order chi connectivity index (χ0) is 17.8. The molecule has 25 heavy (non-hydrogen) atoms. The molecule has 0 spiro atoms. The minimum absolute atomic E-state index is 0.0104. The number of carbonyl (C=O) groups is 2. The van der Waals surface area contributed by atoms with Crippen molar-refractivity contribution in [2.24, 2.45) is 11.8 Å². The molecule has 1 saturated carbocycles. The Balaban J connectivity index is 1.52. The fourth-order valence-electron chi connectivity index (χ4n) is 3.95. The number of amides is 2. The first-order chi connectivity index (χ1) is 12.1. The number of nitrogens with zero attached hydrogens (tertiary/aromatic N) is 1. The minimum atomic E-state index is -0.0104. The number of piperidine rings is 1. The highest BCUT2D eigenvalue weighted by atomic mass is 35.5. The summed E-state index contributed by atoms with van der Waals surface area (Å²) in [6.07, 6.45) is 6.71. The van der Waals surface area contributed by atoms with Gasteiger partial charge in [0.05, 0.1) is 0 Å². The van der Waals surface area contributed by atoms with E-state index in [9.17, 15) is 9.59 Å². The van der Waals surface area contributed by atoms with Crippen molar-refractivity contribution in [3.8, 4) is 0 Å². The van der Waals surface area contributed by atoms with Gasteiger partial charge in [-0.3, -0.25) is 9.59 Å². The van der Waals surface area contributed by atoms with Gasteiger partial charge in [0.25, 0.3) is 0 Å². The molecule has 0 unspecified atom stereocenters. The normalized spacial score (nSPS) is 24.0. The zero-order valence-electron chi connectivity index (χ0n) is 14.9.